The van der Waals surface area contributed by atoms with Crippen molar-refractivity contribution in [1.29, 1.82) is 0 Å². The van der Waals surface area contributed by atoms with Gasteiger partial charge in [0.25, 0.3) is 10.0 Å². The standard InChI is InChI=1S/C22H21IN2O3S/c1-16-8-6-7-11-21(16)25(29(27,28)19-9-4-3-5-10-19)15-22(26)24-20-13-12-18(23)14-17(20)2/h3-14H,15H2,1-2H3,(H,24,26). The van der Waals surface area contributed by atoms with Gasteiger partial charge in [-0.3, -0.25) is 9.10 Å². The molecule has 0 atom stereocenters. The van der Waals surface area contributed by atoms with Gasteiger partial charge in [0.2, 0.25) is 5.91 Å². The van der Waals surface area contributed by atoms with Crippen molar-refractivity contribution in [3.8, 4) is 0 Å². The van der Waals surface area contributed by atoms with E-state index >= 15 is 0 Å². The molecule has 0 unspecified atom stereocenters. The monoisotopic (exact) mass is 520 g/mol. The van der Waals surface area contributed by atoms with Crippen LogP contribution in [0.4, 0.5) is 11.4 Å². The fourth-order valence-electron chi connectivity index (χ4n) is 2.95. The van der Waals surface area contributed by atoms with Crippen LogP contribution >= 0.6 is 22.6 Å². The van der Waals surface area contributed by atoms with Crippen LogP contribution in [-0.4, -0.2) is 20.9 Å². The molecule has 0 bridgehead atoms. The van der Waals surface area contributed by atoms with E-state index in [1.807, 2.05) is 44.2 Å². The lowest BCUT2D eigenvalue weighted by molar-refractivity contribution is -0.114. The van der Waals surface area contributed by atoms with Gasteiger partial charge in [0.05, 0.1) is 10.6 Å². The van der Waals surface area contributed by atoms with Crippen LogP contribution in [0.1, 0.15) is 11.1 Å². The molecule has 0 aliphatic carbocycles. The Balaban J connectivity index is 1.96. The molecule has 7 heteroatoms. The first-order valence-corrected chi connectivity index (χ1v) is 11.5. The SMILES string of the molecule is Cc1cc(I)ccc1NC(=O)CN(c1ccccc1C)S(=O)(=O)c1ccccc1. The number of rotatable bonds is 6. The van der Waals surface area contributed by atoms with Crippen molar-refractivity contribution in [2.75, 3.05) is 16.2 Å². The lowest BCUT2D eigenvalue weighted by atomic mass is 10.2. The van der Waals surface area contributed by atoms with Gasteiger partial charge in [-0.05, 0) is 84.0 Å². The minimum atomic E-state index is -3.91. The average molecular weight is 520 g/mol. The van der Waals surface area contributed by atoms with E-state index in [9.17, 15) is 13.2 Å². The summed E-state index contributed by atoms with van der Waals surface area (Å²) >= 11 is 2.20. The third-order valence-electron chi connectivity index (χ3n) is 4.47. The highest BCUT2D eigenvalue weighted by atomic mass is 127. The van der Waals surface area contributed by atoms with E-state index in [1.165, 1.54) is 12.1 Å². The fraction of sp³-hybridized carbons (Fsp3) is 0.136. The molecule has 0 aromatic heterocycles. The quantitative estimate of drug-likeness (QED) is 0.478. The molecule has 1 N–H and O–H groups in total. The normalized spacial score (nSPS) is 11.1. The fourth-order valence-corrected chi connectivity index (χ4v) is 5.10. The third-order valence-corrected chi connectivity index (χ3v) is 6.91. The summed E-state index contributed by atoms with van der Waals surface area (Å²) in [4.78, 5) is 12.9. The number of hydrogen-bond donors (Lipinski definition) is 1. The highest BCUT2D eigenvalue weighted by molar-refractivity contribution is 14.1. The van der Waals surface area contributed by atoms with Gasteiger partial charge in [-0.15, -0.1) is 0 Å². The average Bonchev–Trinajstić information content (AvgIpc) is 2.69. The Kier molecular flexibility index (Phi) is 6.59. The first-order chi connectivity index (χ1) is 13.8. The Labute approximate surface area is 184 Å². The number of hydrogen-bond acceptors (Lipinski definition) is 3. The molecular formula is C22H21IN2O3S. The summed E-state index contributed by atoms with van der Waals surface area (Å²) in [6, 6.07) is 20.9. The molecular weight excluding hydrogens is 499 g/mol. The smallest absolute Gasteiger partial charge is 0.264 e. The number of halogens is 1. The molecule has 150 valence electrons. The summed E-state index contributed by atoms with van der Waals surface area (Å²) in [6.45, 7) is 3.40. The number of nitrogens with zero attached hydrogens (tertiary/aromatic N) is 1. The zero-order valence-electron chi connectivity index (χ0n) is 16.1. The lowest BCUT2D eigenvalue weighted by Gasteiger charge is -2.25. The summed E-state index contributed by atoms with van der Waals surface area (Å²) < 4.78 is 28.9. The summed E-state index contributed by atoms with van der Waals surface area (Å²) in [5.41, 5.74) is 2.83. The van der Waals surface area contributed by atoms with Crippen molar-refractivity contribution < 1.29 is 13.2 Å². The maximum absolute atomic E-state index is 13.3. The van der Waals surface area contributed by atoms with Crippen molar-refractivity contribution in [1.82, 2.24) is 0 Å². The predicted molar refractivity (Wildman–Crippen MR) is 125 cm³/mol. The molecule has 1 amide bonds. The minimum absolute atomic E-state index is 0.140. The molecule has 0 heterocycles. The summed E-state index contributed by atoms with van der Waals surface area (Å²) in [5.74, 6) is -0.405. The van der Waals surface area contributed by atoms with Crippen LogP contribution in [0.25, 0.3) is 0 Å². The summed E-state index contributed by atoms with van der Waals surface area (Å²) in [6.07, 6.45) is 0. The Morgan fingerprint density at radius 2 is 1.59 bits per heavy atom. The number of aryl methyl sites for hydroxylation is 2. The number of sulfonamides is 1. The van der Waals surface area contributed by atoms with E-state index in [1.54, 1.807) is 30.3 Å². The van der Waals surface area contributed by atoms with Crippen LogP contribution < -0.4 is 9.62 Å². The molecule has 3 rings (SSSR count). The molecule has 5 nitrogen and oxygen atoms in total. The highest BCUT2D eigenvalue weighted by Gasteiger charge is 2.28. The number of anilines is 2. The number of carbonyl (C=O) groups is 1. The zero-order valence-corrected chi connectivity index (χ0v) is 19.1. The van der Waals surface area contributed by atoms with Gasteiger partial charge in [0.15, 0.2) is 0 Å². The number of carbonyl (C=O) groups excluding carboxylic acids is 1. The zero-order chi connectivity index (χ0) is 21.0. The van der Waals surface area contributed by atoms with Crippen LogP contribution in [0.15, 0.2) is 77.7 Å². The second kappa shape index (κ2) is 8.96. The second-order valence-corrected chi connectivity index (χ2v) is 9.73. The van der Waals surface area contributed by atoms with Crippen molar-refractivity contribution in [2.45, 2.75) is 18.7 Å². The van der Waals surface area contributed by atoms with E-state index in [4.69, 9.17) is 0 Å². The molecule has 0 saturated carbocycles. The van der Waals surface area contributed by atoms with Crippen LogP contribution in [0.2, 0.25) is 0 Å². The van der Waals surface area contributed by atoms with Crippen molar-refractivity contribution in [3.05, 3.63) is 87.5 Å². The molecule has 0 aliphatic rings. The van der Waals surface area contributed by atoms with Gasteiger partial charge in [-0.25, -0.2) is 8.42 Å². The first kappa shape index (κ1) is 21.3. The second-order valence-electron chi connectivity index (χ2n) is 6.62. The summed E-state index contributed by atoms with van der Waals surface area (Å²) in [5, 5.41) is 2.83. The number of nitrogens with one attached hydrogen (secondary N) is 1. The number of benzene rings is 3. The van der Waals surface area contributed by atoms with E-state index < -0.39 is 15.9 Å². The van der Waals surface area contributed by atoms with Gasteiger partial charge in [0.1, 0.15) is 6.54 Å². The maximum Gasteiger partial charge on any atom is 0.264 e. The summed E-state index contributed by atoms with van der Waals surface area (Å²) in [7, 11) is -3.91. The third kappa shape index (κ3) is 4.97. The van der Waals surface area contributed by atoms with Crippen molar-refractivity contribution in [3.63, 3.8) is 0 Å². The van der Waals surface area contributed by atoms with Crippen LogP contribution in [0, 0.1) is 17.4 Å². The first-order valence-electron chi connectivity index (χ1n) is 8.98. The van der Waals surface area contributed by atoms with E-state index in [0.29, 0.717) is 11.4 Å². The highest BCUT2D eigenvalue weighted by Crippen LogP contribution is 2.27. The molecule has 0 saturated heterocycles. The number of para-hydroxylation sites is 1. The number of amides is 1. The molecule has 3 aromatic carbocycles. The van der Waals surface area contributed by atoms with Crippen molar-refractivity contribution >= 4 is 49.9 Å². The van der Waals surface area contributed by atoms with Gasteiger partial charge in [0, 0.05) is 9.26 Å². The Morgan fingerprint density at radius 1 is 0.931 bits per heavy atom. The van der Waals surface area contributed by atoms with Gasteiger partial charge in [-0.1, -0.05) is 36.4 Å². The Bertz CT molecular complexity index is 1130. The molecule has 29 heavy (non-hydrogen) atoms. The van der Waals surface area contributed by atoms with Crippen LogP contribution in [0.3, 0.4) is 0 Å². The van der Waals surface area contributed by atoms with E-state index in [2.05, 4.69) is 27.9 Å². The predicted octanol–water partition coefficient (Wildman–Crippen LogP) is 4.74. The Morgan fingerprint density at radius 3 is 2.24 bits per heavy atom. The van der Waals surface area contributed by atoms with E-state index in [0.717, 1.165) is 19.0 Å². The van der Waals surface area contributed by atoms with Gasteiger partial charge >= 0.3 is 0 Å². The van der Waals surface area contributed by atoms with Gasteiger partial charge in [-0.2, -0.15) is 0 Å². The maximum atomic E-state index is 13.3. The van der Waals surface area contributed by atoms with Crippen LogP contribution in [0.5, 0.6) is 0 Å². The topological polar surface area (TPSA) is 66.5 Å². The lowest BCUT2D eigenvalue weighted by Crippen LogP contribution is -2.38. The Hall–Kier alpha value is -2.39. The molecule has 3 aromatic rings. The van der Waals surface area contributed by atoms with Gasteiger partial charge < -0.3 is 5.32 Å². The molecule has 0 aliphatic heterocycles. The van der Waals surface area contributed by atoms with Crippen LogP contribution in [-0.2, 0) is 14.8 Å². The minimum Gasteiger partial charge on any atom is -0.324 e. The van der Waals surface area contributed by atoms with Crippen molar-refractivity contribution in [2.24, 2.45) is 0 Å². The molecule has 0 fully saturated rings. The molecule has 0 radical (unpaired) electrons. The van der Waals surface area contributed by atoms with E-state index in [-0.39, 0.29) is 11.4 Å². The largest absolute Gasteiger partial charge is 0.324 e. The molecule has 0 spiro atoms.